The second-order valence-electron chi connectivity index (χ2n) is 7.64. The number of halogens is 1. The molecule has 0 spiro atoms. The van der Waals surface area contributed by atoms with Crippen LogP contribution in [0.2, 0.25) is 0 Å². The molecule has 0 aliphatic carbocycles. The van der Waals surface area contributed by atoms with E-state index in [0.717, 1.165) is 74.3 Å². The Bertz CT molecular complexity index is 864. The fraction of sp³-hybridized carbons (Fsp3) is 0.571. The van der Waals surface area contributed by atoms with Crippen LogP contribution in [-0.2, 0) is 24.3 Å². The quantitative estimate of drug-likeness (QED) is 0.748. The number of aromatic nitrogens is 3. The molecule has 164 valence electrons. The number of carbonyl (C=O) groups excluding carboxylic acids is 1. The summed E-state index contributed by atoms with van der Waals surface area (Å²) >= 11 is 0. The molecule has 1 fully saturated rings. The van der Waals surface area contributed by atoms with Crippen molar-refractivity contribution >= 4 is 18.3 Å². The number of piperidine rings is 1. The van der Waals surface area contributed by atoms with Crippen molar-refractivity contribution in [3.8, 4) is 11.5 Å². The van der Waals surface area contributed by atoms with E-state index in [-0.39, 0.29) is 18.3 Å². The number of amides is 1. The Balaban J connectivity index is 0.00000256. The molecule has 8 nitrogen and oxygen atoms in total. The number of nitrogens with zero attached hydrogens (tertiary/aromatic N) is 4. The Morgan fingerprint density at radius 2 is 1.97 bits per heavy atom. The van der Waals surface area contributed by atoms with Gasteiger partial charge in [0.05, 0.1) is 20.8 Å². The summed E-state index contributed by atoms with van der Waals surface area (Å²) in [5, 5.41) is 12.1. The van der Waals surface area contributed by atoms with Crippen LogP contribution in [-0.4, -0.2) is 59.4 Å². The van der Waals surface area contributed by atoms with Gasteiger partial charge in [0.2, 0.25) is 5.91 Å². The minimum Gasteiger partial charge on any atom is -0.497 e. The van der Waals surface area contributed by atoms with Crippen molar-refractivity contribution < 1.29 is 14.3 Å². The number of hydrogen-bond acceptors (Lipinski definition) is 6. The van der Waals surface area contributed by atoms with Gasteiger partial charge in [-0.05, 0) is 43.0 Å². The molecule has 2 aliphatic rings. The fourth-order valence-corrected chi connectivity index (χ4v) is 4.28. The third-order valence-corrected chi connectivity index (χ3v) is 5.96. The van der Waals surface area contributed by atoms with E-state index in [1.54, 1.807) is 14.2 Å². The molecular weight excluding hydrogens is 406 g/mol. The Hall–Kier alpha value is -2.32. The van der Waals surface area contributed by atoms with Gasteiger partial charge >= 0.3 is 0 Å². The minimum absolute atomic E-state index is 0. The fourth-order valence-electron chi connectivity index (χ4n) is 4.28. The van der Waals surface area contributed by atoms with Crippen LogP contribution in [0.1, 0.15) is 42.4 Å². The van der Waals surface area contributed by atoms with E-state index in [0.29, 0.717) is 18.8 Å². The number of methoxy groups -OCH3 is 2. The summed E-state index contributed by atoms with van der Waals surface area (Å²) in [7, 11) is 3.29. The van der Waals surface area contributed by atoms with Crippen molar-refractivity contribution in [1.29, 1.82) is 0 Å². The second-order valence-corrected chi connectivity index (χ2v) is 7.64. The van der Waals surface area contributed by atoms with Crippen LogP contribution in [0.3, 0.4) is 0 Å². The predicted molar refractivity (Wildman–Crippen MR) is 115 cm³/mol. The summed E-state index contributed by atoms with van der Waals surface area (Å²) in [5.74, 6) is 4.27. The lowest BCUT2D eigenvalue weighted by Gasteiger charge is -2.32. The largest absolute Gasteiger partial charge is 0.497 e. The summed E-state index contributed by atoms with van der Waals surface area (Å²) in [6, 6.07) is 5.70. The lowest BCUT2D eigenvalue weighted by Crippen LogP contribution is -2.39. The summed E-state index contributed by atoms with van der Waals surface area (Å²) in [4.78, 5) is 14.7. The second kappa shape index (κ2) is 10.1. The van der Waals surface area contributed by atoms with E-state index >= 15 is 0 Å². The van der Waals surface area contributed by atoms with Gasteiger partial charge in [0.1, 0.15) is 23.1 Å². The van der Waals surface area contributed by atoms with Crippen molar-refractivity contribution in [1.82, 2.24) is 25.0 Å². The topological polar surface area (TPSA) is 81.5 Å². The van der Waals surface area contributed by atoms with E-state index in [2.05, 4.69) is 20.1 Å². The Morgan fingerprint density at radius 1 is 1.17 bits per heavy atom. The molecule has 1 aromatic carbocycles. The molecule has 3 heterocycles. The smallest absolute Gasteiger partial charge is 0.222 e. The maximum absolute atomic E-state index is 12.8. The minimum atomic E-state index is 0. The van der Waals surface area contributed by atoms with Crippen LogP contribution in [0.15, 0.2) is 18.2 Å². The summed E-state index contributed by atoms with van der Waals surface area (Å²) in [5.41, 5.74) is 0.999. The molecule has 1 aromatic heterocycles. The van der Waals surface area contributed by atoms with Gasteiger partial charge in [-0.15, -0.1) is 22.6 Å². The maximum Gasteiger partial charge on any atom is 0.222 e. The number of fused-ring (bicyclic) bond motifs is 1. The van der Waals surface area contributed by atoms with E-state index in [9.17, 15) is 4.79 Å². The Labute approximate surface area is 183 Å². The Morgan fingerprint density at radius 3 is 2.70 bits per heavy atom. The molecule has 2 aliphatic heterocycles. The molecular formula is C21H30ClN5O3. The highest BCUT2D eigenvalue weighted by atomic mass is 35.5. The maximum atomic E-state index is 12.8. The van der Waals surface area contributed by atoms with Crippen molar-refractivity contribution in [2.24, 2.45) is 0 Å². The number of likely N-dealkylation sites (tertiary alicyclic amines) is 1. The average Bonchev–Trinajstić information content (AvgIpc) is 3.21. The van der Waals surface area contributed by atoms with Crippen LogP contribution < -0.4 is 14.8 Å². The molecule has 0 radical (unpaired) electrons. The molecule has 1 amide bonds. The SMILES string of the molecule is COc1ccc(OC)c(CCC(=O)N2CCC(c3nnc4n3CCNC4)CC2)c1.Cl. The number of rotatable bonds is 6. The van der Waals surface area contributed by atoms with Crippen LogP contribution in [0.4, 0.5) is 0 Å². The molecule has 0 saturated carbocycles. The van der Waals surface area contributed by atoms with Crippen molar-refractivity contribution in [3.63, 3.8) is 0 Å². The number of aryl methyl sites for hydroxylation is 1. The number of nitrogens with one attached hydrogen (secondary N) is 1. The Kier molecular flexibility index (Phi) is 7.55. The van der Waals surface area contributed by atoms with Gasteiger partial charge in [-0.2, -0.15) is 0 Å². The van der Waals surface area contributed by atoms with Crippen molar-refractivity contribution in [3.05, 3.63) is 35.4 Å². The molecule has 9 heteroatoms. The standard InChI is InChI=1S/C21H29N5O3.ClH/c1-28-17-4-5-18(29-2)16(13-17)3-6-20(27)25-10-7-15(8-11-25)21-24-23-19-14-22-9-12-26(19)21;/h4-5,13,15,22H,3,6-12,14H2,1-2H3;1H. The van der Waals surface area contributed by atoms with E-state index in [4.69, 9.17) is 9.47 Å². The molecule has 1 saturated heterocycles. The first-order valence-corrected chi connectivity index (χ1v) is 10.3. The van der Waals surface area contributed by atoms with Gasteiger partial charge in [0, 0.05) is 38.5 Å². The molecule has 2 aromatic rings. The molecule has 0 bridgehead atoms. The summed E-state index contributed by atoms with van der Waals surface area (Å²) < 4.78 is 13.0. The van der Waals surface area contributed by atoms with Crippen LogP contribution in [0, 0.1) is 0 Å². The lowest BCUT2D eigenvalue weighted by molar-refractivity contribution is -0.132. The number of hydrogen-bond donors (Lipinski definition) is 1. The van der Waals surface area contributed by atoms with Gasteiger partial charge in [0.25, 0.3) is 0 Å². The zero-order valence-electron chi connectivity index (χ0n) is 17.6. The van der Waals surface area contributed by atoms with Gasteiger partial charge in [0.15, 0.2) is 0 Å². The summed E-state index contributed by atoms with van der Waals surface area (Å²) in [6.45, 7) is 4.23. The number of ether oxygens (including phenoxy) is 2. The lowest BCUT2D eigenvalue weighted by atomic mass is 9.95. The van der Waals surface area contributed by atoms with Gasteiger partial charge < -0.3 is 24.3 Å². The molecule has 1 N–H and O–H groups in total. The van der Waals surface area contributed by atoms with Gasteiger partial charge in [-0.1, -0.05) is 0 Å². The molecule has 0 atom stereocenters. The zero-order valence-corrected chi connectivity index (χ0v) is 18.4. The van der Waals surface area contributed by atoms with E-state index in [1.165, 1.54) is 0 Å². The highest BCUT2D eigenvalue weighted by Crippen LogP contribution is 2.29. The first kappa shape index (κ1) is 22.4. The third-order valence-electron chi connectivity index (χ3n) is 5.96. The average molecular weight is 436 g/mol. The van der Waals surface area contributed by atoms with Gasteiger partial charge in [-0.25, -0.2) is 0 Å². The monoisotopic (exact) mass is 435 g/mol. The highest BCUT2D eigenvalue weighted by molar-refractivity contribution is 5.85. The van der Waals surface area contributed by atoms with E-state index in [1.807, 2.05) is 23.1 Å². The number of benzene rings is 1. The third kappa shape index (κ3) is 4.70. The highest BCUT2D eigenvalue weighted by Gasteiger charge is 2.28. The zero-order chi connectivity index (χ0) is 20.2. The first-order chi connectivity index (χ1) is 14.2. The molecule has 4 rings (SSSR count). The van der Waals surface area contributed by atoms with Crippen LogP contribution >= 0.6 is 12.4 Å². The molecule has 0 unspecified atom stereocenters. The predicted octanol–water partition coefficient (Wildman–Crippen LogP) is 2.16. The molecule has 30 heavy (non-hydrogen) atoms. The van der Waals surface area contributed by atoms with Crippen molar-refractivity contribution in [2.45, 2.75) is 44.7 Å². The first-order valence-electron chi connectivity index (χ1n) is 10.3. The van der Waals surface area contributed by atoms with Crippen LogP contribution in [0.5, 0.6) is 11.5 Å². The normalized spacial score (nSPS) is 16.5. The summed E-state index contributed by atoms with van der Waals surface area (Å²) in [6.07, 6.45) is 3.00. The van der Waals surface area contributed by atoms with E-state index < -0.39 is 0 Å². The van der Waals surface area contributed by atoms with Gasteiger partial charge in [-0.3, -0.25) is 4.79 Å². The number of carbonyl (C=O) groups is 1. The van der Waals surface area contributed by atoms with Crippen molar-refractivity contribution in [2.75, 3.05) is 33.9 Å². The van der Waals surface area contributed by atoms with Crippen LogP contribution in [0.25, 0.3) is 0 Å².